The fraction of sp³-hybridized carbons (Fsp3) is 1.00. The molecule has 16 heavy (non-hydrogen) atoms. The molecule has 1 heterocycles. The second-order valence-corrected chi connectivity index (χ2v) is 5.35. The Morgan fingerprint density at radius 2 is 1.81 bits per heavy atom. The molecule has 0 aromatic heterocycles. The van der Waals surface area contributed by atoms with E-state index in [0.717, 1.165) is 5.92 Å². The zero-order chi connectivity index (χ0) is 11.6. The molecule has 2 nitrogen and oxygen atoms in total. The van der Waals surface area contributed by atoms with Crippen molar-refractivity contribution in [2.24, 2.45) is 5.92 Å². The van der Waals surface area contributed by atoms with E-state index in [9.17, 15) is 0 Å². The van der Waals surface area contributed by atoms with Crippen LogP contribution in [0.15, 0.2) is 0 Å². The molecule has 96 valence electrons. The van der Waals surface area contributed by atoms with Crippen LogP contribution in [-0.2, 0) is 0 Å². The lowest BCUT2D eigenvalue weighted by molar-refractivity contribution is 0.281. The molecule has 1 N–H and O–H groups in total. The summed E-state index contributed by atoms with van der Waals surface area (Å²) in [5.41, 5.74) is 0. The average molecular weight is 226 g/mol. The molecule has 0 radical (unpaired) electrons. The van der Waals surface area contributed by atoms with E-state index in [1.807, 2.05) is 0 Å². The normalized spacial score (nSPS) is 20.6. The first kappa shape index (κ1) is 14.0. The van der Waals surface area contributed by atoms with E-state index in [1.165, 1.54) is 71.2 Å². The third-order valence-corrected chi connectivity index (χ3v) is 3.58. The second-order valence-electron chi connectivity index (χ2n) is 5.35. The van der Waals surface area contributed by atoms with Crippen molar-refractivity contribution in [2.75, 3.05) is 32.7 Å². The van der Waals surface area contributed by atoms with E-state index >= 15 is 0 Å². The summed E-state index contributed by atoms with van der Waals surface area (Å²) < 4.78 is 0. The summed E-state index contributed by atoms with van der Waals surface area (Å²) in [4.78, 5) is 2.63. The molecule has 1 atom stereocenters. The number of hydrogen-bond acceptors (Lipinski definition) is 2. The Labute approximate surface area is 102 Å². The van der Waals surface area contributed by atoms with E-state index in [4.69, 9.17) is 0 Å². The first-order valence-electron chi connectivity index (χ1n) is 7.26. The van der Waals surface area contributed by atoms with Crippen LogP contribution in [0.4, 0.5) is 0 Å². The summed E-state index contributed by atoms with van der Waals surface area (Å²) in [7, 11) is 0. The van der Waals surface area contributed by atoms with Gasteiger partial charge in [0.15, 0.2) is 0 Å². The summed E-state index contributed by atoms with van der Waals surface area (Å²) in [5.74, 6) is 0.842. The highest BCUT2D eigenvalue weighted by Gasteiger charge is 2.08. The fourth-order valence-corrected chi connectivity index (χ4v) is 2.54. The van der Waals surface area contributed by atoms with Gasteiger partial charge in [-0.05, 0) is 44.8 Å². The zero-order valence-corrected chi connectivity index (χ0v) is 11.3. The molecule has 1 fully saturated rings. The largest absolute Gasteiger partial charge is 0.315 e. The van der Waals surface area contributed by atoms with Gasteiger partial charge in [-0.3, -0.25) is 0 Å². The van der Waals surface area contributed by atoms with Gasteiger partial charge in [-0.1, -0.05) is 33.1 Å². The minimum Gasteiger partial charge on any atom is -0.315 e. The lowest BCUT2D eigenvalue weighted by Crippen LogP contribution is -2.34. The summed E-state index contributed by atoms with van der Waals surface area (Å²) >= 11 is 0. The molecule has 0 bridgehead atoms. The summed E-state index contributed by atoms with van der Waals surface area (Å²) in [6, 6.07) is 0. The van der Waals surface area contributed by atoms with Gasteiger partial charge in [-0.25, -0.2) is 0 Å². The average Bonchev–Trinajstić information content (AvgIpc) is 2.53. The molecule has 0 saturated carbocycles. The van der Waals surface area contributed by atoms with Gasteiger partial charge >= 0.3 is 0 Å². The lowest BCUT2D eigenvalue weighted by Gasteiger charge is -2.20. The van der Waals surface area contributed by atoms with Gasteiger partial charge in [0.2, 0.25) is 0 Å². The molecule has 2 heteroatoms. The highest BCUT2D eigenvalue weighted by Crippen LogP contribution is 2.08. The van der Waals surface area contributed by atoms with Gasteiger partial charge < -0.3 is 10.2 Å². The van der Waals surface area contributed by atoms with Gasteiger partial charge in [-0.2, -0.15) is 0 Å². The summed E-state index contributed by atoms with van der Waals surface area (Å²) in [5, 5.41) is 3.60. The quantitative estimate of drug-likeness (QED) is 0.672. The van der Waals surface area contributed by atoms with Gasteiger partial charge in [-0.15, -0.1) is 0 Å². The molecule has 1 saturated heterocycles. The fourth-order valence-electron chi connectivity index (χ4n) is 2.54. The number of nitrogens with zero attached hydrogens (tertiary/aromatic N) is 1. The maximum Gasteiger partial charge on any atom is 0.0107 e. The molecule has 0 spiro atoms. The standard InChI is InChI=1S/C14H30N2/c1-3-8-14(2)13-15-9-12-16-10-6-4-5-7-11-16/h14-15H,3-13H2,1-2H3. The zero-order valence-electron chi connectivity index (χ0n) is 11.3. The highest BCUT2D eigenvalue weighted by molar-refractivity contribution is 4.65. The van der Waals surface area contributed by atoms with Gasteiger partial charge in [0.25, 0.3) is 0 Å². The molecule has 1 aliphatic rings. The molecule has 0 aromatic carbocycles. The van der Waals surface area contributed by atoms with Gasteiger partial charge in [0.1, 0.15) is 0 Å². The summed E-state index contributed by atoms with van der Waals surface area (Å²) in [6.07, 6.45) is 8.37. The first-order chi connectivity index (χ1) is 7.83. The minimum atomic E-state index is 0.842. The predicted octanol–water partition coefficient (Wildman–Crippen LogP) is 2.89. The van der Waals surface area contributed by atoms with E-state index in [-0.39, 0.29) is 0 Å². The number of likely N-dealkylation sites (tertiary alicyclic amines) is 1. The van der Waals surface area contributed by atoms with Crippen molar-refractivity contribution >= 4 is 0 Å². The Kier molecular flexibility index (Phi) is 7.87. The Balaban J connectivity index is 1.97. The van der Waals surface area contributed by atoms with Crippen LogP contribution in [0.3, 0.4) is 0 Å². The van der Waals surface area contributed by atoms with Gasteiger partial charge in [0, 0.05) is 13.1 Å². The van der Waals surface area contributed by atoms with E-state index < -0.39 is 0 Å². The van der Waals surface area contributed by atoms with Crippen LogP contribution in [0.5, 0.6) is 0 Å². The van der Waals surface area contributed by atoms with Crippen molar-refractivity contribution in [3.8, 4) is 0 Å². The number of hydrogen-bond donors (Lipinski definition) is 1. The maximum atomic E-state index is 3.60. The van der Waals surface area contributed by atoms with Crippen LogP contribution in [0.2, 0.25) is 0 Å². The number of nitrogens with one attached hydrogen (secondary N) is 1. The number of rotatable bonds is 7. The smallest absolute Gasteiger partial charge is 0.0107 e. The van der Waals surface area contributed by atoms with Crippen LogP contribution >= 0.6 is 0 Å². The molecule has 0 aliphatic carbocycles. The maximum absolute atomic E-state index is 3.60. The molecular weight excluding hydrogens is 196 g/mol. The molecule has 0 aromatic rings. The highest BCUT2D eigenvalue weighted by atomic mass is 15.1. The van der Waals surface area contributed by atoms with E-state index in [2.05, 4.69) is 24.1 Å². The van der Waals surface area contributed by atoms with Crippen molar-refractivity contribution in [3.63, 3.8) is 0 Å². The minimum absolute atomic E-state index is 0.842. The van der Waals surface area contributed by atoms with Crippen LogP contribution < -0.4 is 5.32 Å². The van der Waals surface area contributed by atoms with E-state index in [0.29, 0.717) is 0 Å². The Hall–Kier alpha value is -0.0800. The second kappa shape index (κ2) is 9.00. The Bertz CT molecular complexity index is 151. The topological polar surface area (TPSA) is 15.3 Å². The van der Waals surface area contributed by atoms with Crippen LogP contribution in [-0.4, -0.2) is 37.6 Å². The SMILES string of the molecule is CCCC(C)CNCCN1CCCCCC1. The first-order valence-corrected chi connectivity index (χ1v) is 7.26. The third-order valence-electron chi connectivity index (χ3n) is 3.58. The van der Waals surface area contributed by atoms with Crippen LogP contribution in [0.1, 0.15) is 52.4 Å². The molecule has 1 rings (SSSR count). The van der Waals surface area contributed by atoms with Crippen LogP contribution in [0.25, 0.3) is 0 Å². The Morgan fingerprint density at radius 3 is 2.44 bits per heavy atom. The Morgan fingerprint density at radius 1 is 1.12 bits per heavy atom. The van der Waals surface area contributed by atoms with Crippen LogP contribution in [0, 0.1) is 5.92 Å². The molecule has 0 amide bonds. The monoisotopic (exact) mass is 226 g/mol. The van der Waals surface area contributed by atoms with Crippen molar-refractivity contribution < 1.29 is 0 Å². The molecular formula is C14H30N2. The third kappa shape index (κ3) is 6.49. The lowest BCUT2D eigenvalue weighted by atomic mass is 10.1. The van der Waals surface area contributed by atoms with Crippen molar-refractivity contribution in [1.29, 1.82) is 0 Å². The van der Waals surface area contributed by atoms with Crippen molar-refractivity contribution in [1.82, 2.24) is 10.2 Å². The predicted molar refractivity (Wildman–Crippen MR) is 71.8 cm³/mol. The van der Waals surface area contributed by atoms with Crippen molar-refractivity contribution in [2.45, 2.75) is 52.4 Å². The summed E-state index contributed by atoms with van der Waals surface area (Å²) in [6.45, 7) is 10.9. The van der Waals surface area contributed by atoms with Crippen molar-refractivity contribution in [3.05, 3.63) is 0 Å². The molecule has 1 unspecified atom stereocenters. The van der Waals surface area contributed by atoms with E-state index in [1.54, 1.807) is 0 Å². The molecule has 1 aliphatic heterocycles. The van der Waals surface area contributed by atoms with Gasteiger partial charge in [0.05, 0.1) is 0 Å².